The second-order valence-corrected chi connectivity index (χ2v) is 7.33. The number of likely N-dealkylation sites (tertiary alicyclic amines) is 1. The van der Waals surface area contributed by atoms with Crippen LogP contribution in [0.1, 0.15) is 46.5 Å². The standard InChI is InChI=1S/C16H31N3O/c1-12(2)18(4)11-13-7-9-19(10-8-13)15(20)16(3,17)14-5-6-14/h12-14H,5-11,17H2,1-4H3. The fourth-order valence-corrected chi connectivity index (χ4v) is 3.14. The highest BCUT2D eigenvalue weighted by Gasteiger charge is 2.46. The SMILES string of the molecule is CC(C)N(C)CC1CCN(C(=O)C(C)(N)C2CC2)CC1. The lowest BCUT2D eigenvalue weighted by atomic mass is 9.91. The van der Waals surface area contributed by atoms with Gasteiger partial charge in [0.15, 0.2) is 0 Å². The Hall–Kier alpha value is -0.610. The van der Waals surface area contributed by atoms with Crippen LogP contribution in [0.3, 0.4) is 0 Å². The lowest BCUT2D eigenvalue weighted by Crippen LogP contribution is -2.56. The van der Waals surface area contributed by atoms with Crippen molar-refractivity contribution in [2.45, 2.75) is 58.0 Å². The predicted molar refractivity (Wildman–Crippen MR) is 82.4 cm³/mol. The zero-order valence-corrected chi connectivity index (χ0v) is 13.6. The Kier molecular flexibility index (Phi) is 4.75. The van der Waals surface area contributed by atoms with Gasteiger partial charge in [-0.15, -0.1) is 0 Å². The van der Waals surface area contributed by atoms with Crippen molar-refractivity contribution in [2.75, 3.05) is 26.7 Å². The van der Waals surface area contributed by atoms with Gasteiger partial charge in [-0.1, -0.05) is 0 Å². The van der Waals surface area contributed by atoms with Crippen LogP contribution in [0.25, 0.3) is 0 Å². The van der Waals surface area contributed by atoms with Gasteiger partial charge >= 0.3 is 0 Å². The molecule has 1 saturated heterocycles. The third-order valence-electron chi connectivity index (χ3n) is 5.22. The van der Waals surface area contributed by atoms with E-state index in [4.69, 9.17) is 5.73 Å². The number of piperidine rings is 1. The van der Waals surface area contributed by atoms with E-state index in [0.717, 1.165) is 51.2 Å². The van der Waals surface area contributed by atoms with Crippen molar-refractivity contribution >= 4 is 5.91 Å². The molecule has 116 valence electrons. The smallest absolute Gasteiger partial charge is 0.242 e. The molecule has 2 fully saturated rings. The first kappa shape index (κ1) is 15.8. The second kappa shape index (κ2) is 6.02. The summed E-state index contributed by atoms with van der Waals surface area (Å²) in [5.41, 5.74) is 5.63. The molecule has 0 aromatic carbocycles. The molecule has 0 spiro atoms. The van der Waals surface area contributed by atoms with Gasteiger partial charge < -0.3 is 15.5 Å². The van der Waals surface area contributed by atoms with E-state index in [2.05, 4.69) is 25.8 Å². The third-order valence-corrected chi connectivity index (χ3v) is 5.22. The van der Waals surface area contributed by atoms with Crippen LogP contribution in [-0.2, 0) is 4.79 Å². The maximum atomic E-state index is 12.5. The first-order chi connectivity index (χ1) is 9.32. The number of rotatable bonds is 5. The monoisotopic (exact) mass is 281 g/mol. The van der Waals surface area contributed by atoms with Crippen molar-refractivity contribution in [3.05, 3.63) is 0 Å². The van der Waals surface area contributed by atoms with Crippen molar-refractivity contribution in [1.29, 1.82) is 0 Å². The Morgan fingerprint density at radius 3 is 2.30 bits per heavy atom. The molecule has 4 nitrogen and oxygen atoms in total. The quantitative estimate of drug-likeness (QED) is 0.834. The number of nitrogens with zero attached hydrogens (tertiary/aromatic N) is 2. The molecule has 1 aliphatic carbocycles. The summed E-state index contributed by atoms with van der Waals surface area (Å²) in [4.78, 5) is 16.9. The molecule has 0 aromatic heterocycles. The molecule has 0 radical (unpaired) electrons. The van der Waals surface area contributed by atoms with Crippen LogP contribution in [0.4, 0.5) is 0 Å². The molecule has 4 heteroatoms. The Balaban J connectivity index is 1.80. The van der Waals surface area contributed by atoms with Crippen molar-refractivity contribution < 1.29 is 4.79 Å². The number of carbonyl (C=O) groups is 1. The first-order valence-electron chi connectivity index (χ1n) is 8.11. The van der Waals surface area contributed by atoms with Gasteiger partial charge in [-0.05, 0) is 65.3 Å². The molecular weight excluding hydrogens is 250 g/mol. The van der Waals surface area contributed by atoms with Crippen LogP contribution >= 0.6 is 0 Å². The van der Waals surface area contributed by atoms with E-state index in [1.165, 1.54) is 0 Å². The van der Waals surface area contributed by atoms with E-state index in [0.29, 0.717) is 12.0 Å². The number of nitrogens with two attached hydrogens (primary N) is 1. The Morgan fingerprint density at radius 1 is 1.30 bits per heavy atom. The molecule has 1 unspecified atom stereocenters. The van der Waals surface area contributed by atoms with E-state index in [9.17, 15) is 4.79 Å². The fourth-order valence-electron chi connectivity index (χ4n) is 3.14. The van der Waals surface area contributed by atoms with Crippen LogP contribution < -0.4 is 5.73 Å². The summed E-state index contributed by atoms with van der Waals surface area (Å²) in [6.45, 7) is 9.29. The highest BCUT2D eigenvalue weighted by Crippen LogP contribution is 2.39. The van der Waals surface area contributed by atoms with Crippen LogP contribution in [0.5, 0.6) is 0 Å². The summed E-state index contributed by atoms with van der Waals surface area (Å²) in [5.74, 6) is 1.31. The molecular formula is C16H31N3O. The van der Waals surface area contributed by atoms with E-state index >= 15 is 0 Å². The van der Waals surface area contributed by atoms with Gasteiger partial charge in [0, 0.05) is 25.7 Å². The van der Waals surface area contributed by atoms with E-state index in [-0.39, 0.29) is 5.91 Å². The van der Waals surface area contributed by atoms with E-state index in [1.807, 2.05) is 11.8 Å². The molecule has 1 atom stereocenters. The van der Waals surface area contributed by atoms with Crippen molar-refractivity contribution in [2.24, 2.45) is 17.6 Å². The van der Waals surface area contributed by atoms with Gasteiger partial charge in [0.1, 0.15) is 0 Å². The highest BCUT2D eigenvalue weighted by atomic mass is 16.2. The average Bonchev–Trinajstić information content (AvgIpc) is 3.23. The van der Waals surface area contributed by atoms with Gasteiger partial charge in [0.05, 0.1) is 5.54 Å². The van der Waals surface area contributed by atoms with Gasteiger partial charge in [0.25, 0.3) is 0 Å². The van der Waals surface area contributed by atoms with Crippen molar-refractivity contribution in [3.63, 3.8) is 0 Å². The molecule has 20 heavy (non-hydrogen) atoms. The third kappa shape index (κ3) is 3.53. The van der Waals surface area contributed by atoms with Crippen LogP contribution in [-0.4, -0.2) is 54.0 Å². The molecule has 2 N–H and O–H groups in total. The average molecular weight is 281 g/mol. The zero-order chi connectivity index (χ0) is 14.9. The lowest BCUT2D eigenvalue weighted by molar-refractivity contribution is -0.138. The van der Waals surface area contributed by atoms with Gasteiger partial charge in [-0.25, -0.2) is 0 Å². The van der Waals surface area contributed by atoms with Crippen molar-refractivity contribution in [3.8, 4) is 0 Å². The van der Waals surface area contributed by atoms with Crippen LogP contribution in [0.15, 0.2) is 0 Å². The maximum Gasteiger partial charge on any atom is 0.242 e. The Labute approximate surface area is 123 Å². The summed E-state index contributed by atoms with van der Waals surface area (Å²) >= 11 is 0. The number of hydrogen-bond acceptors (Lipinski definition) is 3. The minimum Gasteiger partial charge on any atom is -0.341 e. The number of hydrogen-bond donors (Lipinski definition) is 1. The molecule has 2 aliphatic rings. The zero-order valence-electron chi connectivity index (χ0n) is 13.6. The minimum atomic E-state index is -0.623. The van der Waals surface area contributed by atoms with E-state index in [1.54, 1.807) is 0 Å². The summed E-state index contributed by atoms with van der Waals surface area (Å²) in [5, 5.41) is 0. The van der Waals surface area contributed by atoms with Gasteiger partial charge in [0.2, 0.25) is 5.91 Å². The lowest BCUT2D eigenvalue weighted by Gasteiger charge is -2.38. The molecule has 1 aliphatic heterocycles. The summed E-state index contributed by atoms with van der Waals surface area (Å²) in [6.07, 6.45) is 4.47. The molecule has 0 bridgehead atoms. The number of amides is 1. The summed E-state index contributed by atoms with van der Waals surface area (Å²) in [6, 6.07) is 0.594. The highest BCUT2D eigenvalue weighted by molar-refractivity contribution is 5.86. The fraction of sp³-hybridized carbons (Fsp3) is 0.938. The van der Waals surface area contributed by atoms with Gasteiger partial charge in [-0.2, -0.15) is 0 Å². The molecule has 0 aromatic rings. The molecule has 1 amide bonds. The molecule has 1 saturated carbocycles. The topological polar surface area (TPSA) is 49.6 Å². The van der Waals surface area contributed by atoms with Crippen LogP contribution in [0, 0.1) is 11.8 Å². The molecule has 2 rings (SSSR count). The molecule has 1 heterocycles. The van der Waals surface area contributed by atoms with Gasteiger partial charge in [-0.3, -0.25) is 4.79 Å². The second-order valence-electron chi connectivity index (χ2n) is 7.33. The predicted octanol–water partition coefficient (Wildman–Crippen LogP) is 1.69. The largest absolute Gasteiger partial charge is 0.341 e. The maximum absolute atomic E-state index is 12.5. The normalized spacial score (nSPS) is 24.2. The first-order valence-corrected chi connectivity index (χ1v) is 8.11. The number of carbonyl (C=O) groups excluding carboxylic acids is 1. The summed E-state index contributed by atoms with van der Waals surface area (Å²) < 4.78 is 0. The van der Waals surface area contributed by atoms with Crippen LogP contribution in [0.2, 0.25) is 0 Å². The van der Waals surface area contributed by atoms with E-state index < -0.39 is 5.54 Å². The minimum absolute atomic E-state index is 0.177. The summed E-state index contributed by atoms with van der Waals surface area (Å²) in [7, 11) is 2.19. The Bertz CT molecular complexity index is 342. The Morgan fingerprint density at radius 2 is 1.85 bits per heavy atom. The van der Waals surface area contributed by atoms with Crippen molar-refractivity contribution in [1.82, 2.24) is 9.80 Å².